The Morgan fingerprint density at radius 3 is 3.07 bits per heavy atom. The molecule has 0 aromatic rings. The molecule has 0 aromatic heterocycles. The van der Waals surface area contributed by atoms with Gasteiger partial charge in [0.1, 0.15) is 0 Å². The van der Waals surface area contributed by atoms with Crippen LogP contribution < -0.4 is 0 Å². The van der Waals surface area contributed by atoms with Crippen LogP contribution in [0.5, 0.6) is 0 Å². The van der Waals surface area contributed by atoms with Crippen LogP contribution in [0.15, 0.2) is 0 Å². The summed E-state index contributed by atoms with van der Waals surface area (Å²) in [5.74, 6) is 0. The molecule has 1 heterocycles. The zero-order valence-corrected chi connectivity index (χ0v) is 9.08. The summed E-state index contributed by atoms with van der Waals surface area (Å²) in [6, 6.07) is 0. The minimum atomic E-state index is -0.314. The molecule has 0 aliphatic carbocycles. The number of hydrogen-bond donors (Lipinski definition) is 1. The molecule has 1 fully saturated rings. The minimum Gasteiger partial charge on any atom is -0.391 e. The van der Waals surface area contributed by atoms with Crippen molar-refractivity contribution >= 4 is 0 Å². The number of rotatable bonds is 7. The zero-order valence-electron chi connectivity index (χ0n) is 9.08. The lowest BCUT2D eigenvalue weighted by atomic mass is 10.1. The first-order chi connectivity index (χ1) is 6.83. The fourth-order valence-electron chi connectivity index (χ4n) is 1.70. The van der Waals surface area contributed by atoms with E-state index in [4.69, 9.17) is 9.47 Å². The van der Waals surface area contributed by atoms with Gasteiger partial charge in [-0.1, -0.05) is 6.92 Å². The van der Waals surface area contributed by atoms with Gasteiger partial charge in [0.15, 0.2) is 0 Å². The first kappa shape index (κ1) is 12.0. The van der Waals surface area contributed by atoms with Crippen LogP contribution in [0.2, 0.25) is 0 Å². The third-order valence-corrected chi connectivity index (χ3v) is 2.50. The molecule has 0 spiro atoms. The van der Waals surface area contributed by atoms with Crippen LogP contribution in [-0.4, -0.2) is 37.1 Å². The van der Waals surface area contributed by atoms with Gasteiger partial charge in [0.2, 0.25) is 0 Å². The second kappa shape index (κ2) is 7.21. The summed E-state index contributed by atoms with van der Waals surface area (Å²) in [6.07, 6.45) is 5.18. The number of ether oxygens (including phenoxy) is 2. The SMILES string of the molecule is CCCOCC(O)CCC1CCCO1. The molecule has 2 atom stereocenters. The molecule has 3 nitrogen and oxygen atoms in total. The van der Waals surface area contributed by atoms with E-state index in [1.165, 1.54) is 6.42 Å². The van der Waals surface area contributed by atoms with Gasteiger partial charge < -0.3 is 14.6 Å². The van der Waals surface area contributed by atoms with Crippen molar-refractivity contribution in [1.82, 2.24) is 0 Å². The molecular formula is C11H22O3. The van der Waals surface area contributed by atoms with Crippen molar-refractivity contribution in [2.45, 2.75) is 51.2 Å². The highest BCUT2D eigenvalue weighted by Gasteiger charge is 2.16. The second-order valence-electron chi connectivity index (χ2n) is 3.94. The predicted octanol–water partition coefficient (Wildman–Crippen LogP) is 1.73. The Labute approximate surface area is 86.4 Å². The van der Waals surface area contributed by atoms with Gasteiger partial charge in [0.25, 0.3) is 0 Å². The molecule has 0 bridgehead atoms. The fraction of sp³-hybridized carbons (Fsp3) is 1.00. The Kier molecular flexibility index (Phi) is 6.15. The highest BCUT2D eigenvalue weighted by atomic mass is 16.5. The third-order valence-electron chi connectivity index (χ3n) is 2.50. The molecule has 1 rings (SSSR count). The van der Waals surface area contributed by atoms with E-state index in [9.17, 15) is 5.11 Å². The average molecular weight is 202 g/mol. The van der Waals surface area contributed by atoms with Gasteiger partial charge in [-0.15, -0.1) is 0 Å². The van der Waals surface area contributed by atoms with Crippen molar-refractivity contribution in [3.63, 3.8) is 0 Å². The van der Waals surface area contributed by atoms with E-state index in [1.807, 2.05) is 0 Å². The van der Waals surface area contributed by atoms with E-state index in [1.54, 1.807) is 0 Å². The molecule has 1 aliphatic heterocycles. The Morgan fingerprint density at radius 2 is 2.43 bits per heavy atom. The molecule has 0 aromatic carbocycles. The molecule has 0 amide bonds. The molecular weight excluding hydrogens is 180 g/mol. The summed E-state index contributed by atoms with van der Waals surface area (Å²) in [7, 11) is 0. The van der Waals surface area contributed by atoms with Crippen molar-refractivity contribution in [2.75, 3.05) is 19.8 Å². The van der Waals surface area contributed by atoms with Crippen molar-refractivity contribution in [3.8, 4) is 0 Å². The molecule has 0 radical (unpaired) electrons. The Hall–Kier alpha value is -0.120. The van der Waals surface area contributed by atoms with Gasteiger partial charge in [-0.05, 0) is 32.1 Å². The van der Waals surface area contributed by atoms with Crippen LogP contribution in [0.1, 0.15) is 39.0 Å². The zero-order chi connectivity index (χ0) is 10.2. The maximum atomic E-state index is 9.56. The van der Waals surface area contributed by atoms with Crippen LogP contribution in [0.3, 0.4) is 0 Å². The fourth-order valence-corrected chi connectivity index (χ4v) is 1.70. The summed E-state index contributed by atoms with van der Waals surface area (Å²) in [5.41, 5.74) is 0. The van der Waals surface area contributed by atoms with Crippen molar-refractivity contribution in [1.29, 1.82) is 0 Å². The lowest BCUT2D eigenvalue weighted by Crippen LogP contribution is -2.18. The second-order valence-corrected chi connectivity index (χ2v) is 3.94. The van der Waals surface area contributed by atoms with E-state index in [2.05, 4.69) is 6.92 Å². The summed E-state index contributed by atoms with van der Waals surface area (Å²) in [5, 5.41) is 9.56. The maximum Gasteiger partial charge on any atom is 0.0774 e. The Bertz CT molecular complexity index is 132. The van der Waals surface area contributed by atoms with Crippen LogP contribution >= 0.6 is 0 Å². The summed E-state index contributed by atoms with van der Waals surface area (Å²) in [6.45, 7) is 4.18. The normalized spacial score (nSPS) is 24.0. The van der Waals surface area contributed by atoms with E-state index < -0.39 is 0 Å². The van der Waals surface area contributed by atoms with E-state index in [0.717, 1.165) is 38.9 Å². The standard InChI is InChI=1S/C11H22O3/c1-2-7-13-9-10(12)5-6-11-4-3-8-14-11/h10-12H,2-9H2,1H3. The lowest BCUT2D eigenvalue weighted by Gasteiger charge is -2.13. The van der Waals surface area contributed by atoms with Gasteiger partial charge in [0, 0.05) is 13.2 Å². The first-order valence-electron chi connectivity index (χ1n) is 5.70. The molecule has 84 valence electrons. The topological polar surface area (TPSA) is 38.7 Å². The summed E-state index contributed by atoms with van der Waals surface area (Å²) in [4.78, 5) is 0. The first-order valence-corrected chi connectivity index (χ1v) is 5.70. The largest absolute Gasteiger partial charge is 0.391 e. The Balaban J connectivity index is 1.93. The van der Waals surface area contributed by atoms with E-state index >= 15 is 0 Å². The highest BCUT2D eigenvalue weighted by Crippen LogP contribution is 2.17. The highest BCUT2D eigenvalue weighted by molar-refractivity contribution is 4.67. The third kappa shape index (κ3) is 4.94. The lowest BCUT2D eigenvalue weighted by molar-refractivity contribution is 0.0205. The van der Waals surface area contributed by atoms with Gasteiger partial charge in [0.05, 0.1) is 18.8 Å². The molecule has 1 N–H and O–H groups in total. The van der Waals surface area contributed by atoms with Crippen molar-refractivity contribution in [2.24, 2.45) is 0 Å². The van der Waals surface area contributed by atoms with E-state index in [0.29, 0.717) is 12.7 Å². The maximum absolute atomic E-state index is 9.56. The van der Waals surface area contributed by atoms with Crippen LogP contribution in [-0.2, 0) is 9.47 Å². The predicted molar refractivity (Wildman–Crippen MR) is 55.3 cm³/mol. The van der Waals surface area contributed by atoms with Gasteiger partial charge in [-0.3, -0.25) is 0 Å². The van der Waals surface area contributed by atoms with Crippen molar-refractivity contribution < 1.29 is 14.6 Å². The summed E-state index contributed by atoms with van der Waals surface area (Å²) >= 11 is 0. The number of aliphatic hydroxyl groups excluding tert-OH is 1. The van der Waals surface area contributed by atoms with Gasteiger partial charge >= 0.3 is 0 Å². The van der Waals surface area contributed by atoms with Crippen molar-refractivity contribution in [3.05, 3.63) is 0 Å². The van der Waals surface area contributed by atoms with Gasteiger partial charge in [-0.25, -0.2) is 0 Å². The summed E-state index contributed by atoms with van der Waals surface area (Å²) < 4.78 is 10.7. The van der Waals surface area contributed by atoms with Crippen LogP contribution in [0, 0.1) is 0 Å². The monoisotopic (exact) mass is 202 g/mol. The molecule has 1 aliphatic rings. The molecule has 2 unspecified atom stereocenters. The number of hydrogen-bond acceptors (Lipinski definition) is 3. The smallest absolute Gasteiger partial charge is 0.0774 e. The quantitative estimate of drug-likeness (QED) is 0.639. The average Bonchev–Trinajstić information content (AvgIpc) is 2.68. The van der Waals surface area contributed by atoms with Crippen LogP contribution in [0.25, 0.3) is 0 Å². The molecule has 1 saturated heterocycles. The van der Waals surface area contributed by atoms with E-state index in [-0.39, 0.29) is 6.10 Å². The number of aliphatic hydroxyl groups is 1. The van der Waals surface area contributed by atoms with Gasteiger partial charge in [-0.2, -0.15) is 0 Å². The minimum absolute atomic E-state index is 0.314. The molecule has 0 saturated carbocycles. The molecule has 14 heavy (non-hydrogen) atoms. The van der Waals surface area contributed by atoms with Crippen LogP contribution in [0.4, 0.5) is 0 Å². The Morgan fingerprint density at radius 1 is 1.57 bits per heavy atom. The molecule has 3 heteroatoms.